The van der Waals surface area contributed by atoms with Gasteiger partial charge in [-0.2, -0.15) is 0 Å². The molecular formula is C26H31N3O3S. The number of aliphatic hydroxyl groups is 1. The molecule has 2 aromatic rings. The van der Waals surface area contributed by atoms with E-state index in [9.17, 15) is 14.7 Å². The van der Waals surface area contributed by atoms with E-state index >= 15 is 0 Å². The van der Waals surface area contributed by atoms with Crippen LogP contribution in [0.2, 0.25) is 0 Å². The molecule has 6 rings (SSSR count). The predicted molar refractivity (Wildman–Crippen MR) is 127 cm³/mol. The summed E-state index contributed by atoms with van der Waals surface area (Å²) >= 11 is 1.75. The van der Waals surface area contributed by atoms with Crippen LogP contribution in [0, 0.1) is 5.41 Å². The Morgan fingerprint density at radius 3 is 2.45 bits per heavy atom. The molecular weight excluding hydrogens is 434 g/mol. The summed E-state index contributed by atoms with van der Waals surface area (Å²) in [6, 6.07) is 10.0. The second kappa shape index (κ2) is 7.70. The fraction of sp³-hybridized carbons (Fsp3) is 0.577. The van der Waals surface area contributed by atoms with Crippen molar-refractivity contribution in [3.05, 3.63) is 58.3 Å². The van der Waals surface area contributed by atoms with Crippen LogP contribution < -0.4 is 5.56 Å². The van der Waals surface area contributed by atoms with Crippen molar-refractivity contribution in [3.63, 3.8) is 0 Å². The van der Waals surface area contributed by atoms with Gasteiger partial charge in [0.05, 0.1) is 33.8 Å². The SMILES string of the molecule is O=C(CCc1ccccc1)N1CCC(O)(Cn2cnc3c(c2=O)SC32CCC23CCC3)CC1. The van der Waals surface area contributed by atoms with Crippen molar-refractivity contribution in [2.75, 3.05) is 13.1 Å². The monoisotopic (exact) mass is 465 g/mol. The molecule has 4 aliphatic rings. The first-order valence-electron chi connectivity index (χ1n) is 12.3. The molecule has 7 heteroatoms. The van der Waals surface area contributed by atoms with Gasteiger partial charge < -0.3 is 10.0 Å². The number of piperidine rings is 1. The maximum absolute atomic E-state index is 13.1. The Labute approximate surface area is 198 Å². The summed E-state index contributed by atoms with van der Waals surface area (Å²) in [4.78, 5) is 33.1. The highest BCUT2D eigenvalue weighted by Gasteiger charge is 2.68. The lowest BCUT2D eigenvalue weighted by molar-refractivity contribution is -0.135. The van der Waals surface area contributed by atoms with E-state index < -0.39 is 5.60 Å². The first kappa shape index (κ1) is 21.4. The Balaban J connectivity index is 1.07. The molecule has 0 bridgehead atoms. The van der Waals surface area contributed by atoms with Crippen molar-refractivity contribution >= 4 is 17.7 Å². The molecule has 6 nitrogen and oxygen atoms in total. The molecule has 2 spiro atoms. The lowest BCUT2D eigenvalue weighted by Gasteiger charge is -2.67. The lowest BCUT2D eigenvalue weighted by Crippen LogP contribution is -2.61. The van der Waals surface area contributed by atoms with Crippen molar-refractivity contribution in [2.24, 2.45) is 5.41 Å². The number of carbonyl (C=O) groups is 1. The summed E-state index contributed by atoms with van der Waals surface area (Å²) in [5, 5.41) is 11.2. The number of aromatic nitrogens is 2. The Morgan fingerprint density at radius 1 is 1.06 bits per heavy atom. The Hall–Kier alpha value is -2.12. The van der Waals surface area contributed by atoms with E-state index in [1.165, 1.54) is 25.7 Å². The Bertz CT molecular complexity index is 1130. The number of benzene rings is 1. The number of amides is 1. The molecule has 33 heavy (non-hydrogen) atoms. The van der Waals surface area contributed by atoms with E-state index in [1.807, 2.05) is 35.2 Å². The van der Waals surface area contributed by atoms with Crippen LogP contribution in [-0.4, -0.2) is 44.2 Å². The van der Waals surface area contributed by atoms with E-state index in [-0.39, 0.29) is 22.8 Å². The van der Waals surface area contributed by atoms with Crippen LogP contribution in [0.25, 0.3) is 0 Å². The molecule has 1 aromatic carbocycles. The minimum Gasteiger partial charge on any atom is -0.388 e. The average molecular weight is 466 g/mol. The van der Waals surface area contributed by atoms with Gasteiger partial charge in [-0.1, -0.05) is 36.8 Å². The third-order valence-electron chi connectivity index (χ3n) is 8.76. The van der Waals surface area contributed by atoms with Gasteiger partial charge in [-0.3, -0.25) is 14.2 Å². The number of hydrogen-bond acceptors (Lipinski definition) is 5. The van der Waals surface area contributed by atoms with Crippen LogP contribution in [0.3, 0.4) is 0 Å². The van der Waals surface area contributed by atoms with Gasteiger partial charge in [0.1, 0.15) is 0 Å². The van der Waals surface area contributed by atoms with Gasteiger partial charge in [0.2, 0.25) is 5.91 Å². The number of aryl methyl sites for hydroxylation is 1. The smallest absolute Gasteiger partial charge is 0.267 e. The van der Waals surface area contributed by atoms with Gasteiger partial charge in [0.25, 0.3) is 5.56 Å². The second-order valence-electron chi connectivity index (χ2n) is 10.5. The zero-order valence-electron chi connectivity index (χ0n) is 19.0. The summed E-state index contributed by atoms with van der Waals surface area (Å²) in [6.07, 6.45) is 10.1. The molecule has 174 valence electrons. The van der Waals surface area contributed by atoms with Gasteiger partial charge in [0, 0.05) is 19.5 Å². The van der Waals surface area contributed by atoms with Crippen LogP contribution in [0.4, 0.5) is 0 Å². The third-order valence-corrected chi connectivity index (χ3v) is 10.5. The van der Waals surface area contributed by atoms with Gasteiger partial charge in [-0.15, -0.1) is 11.8 Å². The second-order valence-corrected chi connectivity index (χ2v) is 11.8. The fourth-order valence-corrected chi connectivity index (χ4v) is 8.03. The maximum Gasteiger partial charge on any atom is 0.267 e. The number of thioether (sulfide) groups is 1. The molecule has 1 amide bonds. The van der Waals surface area contributed by atoms with Gasteiger partial charge >= 0.3 is 0 Å². The Kier molecular flexibility index (Phi) is 5.00. The molecule has 1 N–H and O–H groups in total. The molecule has 1 unspecified atom stereocenters. The van der Waals surface area contributed by atoms with Crippen LogP contribution >= 0.6 is 11.8 Å². The molecule has 1 aromatic heterocycles. The van der Waals surface area contributed by atoms with Crippen LogP contribution in [0.15, 0.2) is 46.3 Å². The maximum atomic E-state index is 13.1. The fourth-order valence-electron chi connectivity index (χ4n) is 6.33. The van der Waals surface area contributed by atoms with Gasteiger partial charge in [-0.05, 0) is 55.9 Å². The number of likely N-dealkylation sites (tertiary alicyclic amines) is 1. The van der Waals surface area contributed by atoms with Crippen molar-refractivity contribution in [2.45, 2.75) is 79.6 Å². The number of carbonyl (C=O) groups excluding carboxylic acids is 1. The van der Waals surface area contributed by atoms with Crippen molar-refractivity contribution in [1.29, 1.82) is 0 Å². The normalized spacial score (nSPS) is 26.3. The largest absolute Gasteiger partial charge is 0.388 e. The molecule has 2 saturated carbocycles. The highest BCUT2D eigenvalue weighted by atomic mass is 32.2. The average Bonchev–Trinajstić information content (AvgIpc) is 2.75. The summed E-state index contributed by atoms with van der Waals surface area (Å²) in [5.41, 5.74) is 1.59. The molecule has 1 atom stereocenters. The number of nitrogens with zero attached hydrogens (tertiary/aromatic N) is 3. The van der Waals surface area contributed by atoms with Crippen molar-refractivity contribution in [1.82, 2.24) is 14.5 Å². The van der Waals surface area contributed by atoms with E-state index in [0.717, 1.165) is 29.0 Å². The summed E-state index contributed by atoms with van der Waals surface area (Å²) < 4.78 is 1.69. The quantitative estimate of drug-likeness (QED) is 0.732. The summed E-state index contributed by atoms with van der Waals surface area (Å²) in [6.45, 7) is 1.30. The summed E-state index contributed by atoms with van der Waals surface area (Å²) in [5.74, 6) is 0.132. The van der Waals surface area contributed by atoms with Crippen LogP contribution in [-0.2, 0) is 22.5 Å². The highest BCUT2D eigenvalue weighted by molar-refractivity contribution is 8.01. The number of fused-ring (bicyclic) bond motifs is 3. The first-order chi connectivity index (χ1) is 15.9. The minimum absolute atomic E-state index is 0.00760. The molecule has 2 aliphatic carbocycles. The first-order valence-corrected chi connectivity index (χ1v) is 13.1. The van der Waals surface area contributed by atoms with E-state index in [4.69, 9.17) is 4.98 Å². The molecule has 3 fully saturated rings. The van der Waals surface area contributed by atoms with Crippen molar-refractivity contribution < 1.29 is 9.90 Å². The Morgan fingerprint density at radius 2 is 1.82 bits per heavy atom. The standard InChI is InChI=1S/C26H31N3O3S/c30-20(8-7-19-5-2-1-3-6-19)28-15-13-25(32,14-16-28)17-29-18-27-22-21(23(29)31)33-26(22)12-11-24(26)9-4-10-24/h1-3,5-6,18,32H,4,7-17H2. The molecule has 3 heterocycles. The highest BCUT2D eigenvalue weighted by Crippen LogP contribution is 2.77. The van der Waals surface area contributed by atoms with Gasteiger partial charge in [-0.25, -0.2) is 4.98 Å². The van der Waals surface area contributed by atoms with E-state index in [1.54, 1.807) is 22.7 Å². The zero-order chi connectivity index (χ0) is 22.7. The van der Waals surface area contributed by atoms with Crippen LogP contribution in [0.1, 0.15) is 62.6 Å². The molecule has 0 radical (unpaired) electrons. The third kappa shape index (κ3) is 3.30. The molecule has 1 saturated heterocycles. The number of rotatable bonds is 5. The topological polar surface area (TPSA) is 75.4 Å². The van der Waals surface area contributed by atoms with E-state index in [2.05, 4.69) is 0 Å². The molecule has 2 aliphatic heterocycles. The zero-order valence-corrected chi connectivity index (χ0v) is 19.8. The predicted octanol–water partition coefficient (Wildman–Crippen LogP) is 3.49. The summed E-state index contributed by atoms with van der Waals surface area (Å²) in [7, 11) is 0. The lowest BCUT2D eigenvalue weighted by atomic mass is 9.48. The van der Waals surface area contributed by atoms with E-state index in [0.29, 0.717) is 37.8 Å². The van der Waals surface area contributed by atoms with Crippen LogP contribution in [0.5, 0.6) is 0 Å². The van der Waals surface area contributed by atoms with Gasteiger partial charge in [0.15, 0.2) is 0 Å². The number of hydrogen-bond donors (Lipinski definition) is 1. The minimum atomic E-state index is -0.978. The van der Waals surface area contributed by atoms with Crippen molar-refractivity contribution in [3.8, 4) is 0 Å².